The minimum absolute atomic E-state index is 0.0162. The lowest BCUT2D eigenvalue weighted by Gasteiger charge is -2.33. The fraction of sp³-hybridized carbons (Fsp3) is 0.800. The molecule has 0 radical (unpaired) electrons. The van der Waals surface area contributed by atoms with Gasteiger partial charge in [-0.15, -0.1) is 0 Å². The number of carbonyl (C=O) groups is 2. The molecule has 0 unspecified atom stereocenters. The van der Waals surface area contributed by atoms with Crippen molar-refractivity contribution in [3.8, 4) is 0 Å². The maximum Gasteiger partial charge on any atom is 0.304 e. The SMILES string of the molecule is CC[C@@]1(CC(=O)O)CCCCC1=O. The molecule has 0 heterocycles. The lowest BCUT2D eigenvalue weighted by atomic mass is 9.69. The van der Waals surface area contributed by atoms with Crippen LogP contribution >= 0.6 is 0 Å². The molecule has 0 aromatic heterocycles. The molecule has 0 aliphatic heterocycles. The lowest BCUT2D eigenvalue weighted by molar-refractivity contribution is -0.146. The second kappa shape index (κ2) is 3.90. The Kier molecular flexibility index (Phi) is 3.07. The van der Waals surface area contributed by atoms with Gasteiger partial charge in [-0.1, -0.05) is 13.3 Å². The minimum Gasteiger partial charge on any atom is -0.481 e. The van der Waals surface area contributed by atoms with Gasteiger partial charge in [-0.2, -0.15) is 0 Å². The monoisotopic (exact) mass is 184 g/mol. The predicted octanol–water partition coefficient (Wildman–Crippen LogP) is 2.00. The molecule has 1 aliphatic rings. The number of hydrogen-bond acceptors (Lipinski definition) is 2. The van der Waals surface area contributed by atoms with Gasteiger partial charge in [-0.25, -0.2) is 0 Å². The zero-order valence-electron chi connectivity index (χ0n) is 8.01. The second-order valence-corrected chi connectivity index (χ2v) is 3.83. The summed E-state index contributed by atoms with van der Waals surface area (Å²) in [6.45, 7) is 1.91. The van der Waals surface area contributed by atoms with E-state index in [4.69, 9.17) is 5.11 Å². The van der Waals surface area contributed by atoms with E-state index in [1.54, 1.807) is 0 Å². The number of rotatable bonds is 3. The van der Waals surface area contributed by atoms with Crippen molar-refractivity contribution in [1.82, 2.24) is 0 Å². The van der Waals surface area contributed by atoms with E-state index in [2.05, 4.69) is 0 Å². The van der Waals surface area contributed by atoms with Gasteiger partial charge in [0.05, 0.1) is 6.42 Å². The first-order chi connectivity index (χ1) is 6.10. The molecule has 3 heteroatoms. The third-order valence-electron chi connectivity index (χ3n) is 3.07. The fourth-order valence-corrected chi connectivity index (χ4v) is 2.13. The van der Waals surface area contributed by atoms with Gasteiger partial charge in [0.1, 0.15) is 5.78 Å². The normalized spacial score (nSPS) is 28.8. The Balaban J connectivity index is 2.76. The number of carboxylic acids is 1. The van der Waals surface area contributed by atoms with Crippen molar-refractivity contribution in [2.45, 2.75) is 45.4 Å². The van der Waals surface area contributed by atoms with E-state index in [-0.39, 0.29) is 12.2 Å². The third-order valence-corrected chi connectivity index (χ3v) is 3.07. The van der Waals surface area contributed by atoms with Crippen molar-refractivity contribution in [3.63, 3.8) is 0 Å². The van der Waals surface area contributed by atoms with E-state index in [1.807, 2.05) is 6.92 Å². The molecule has 13 heavy (non-hydrogen) atoms. The number of carboxylic acid groups (broad SMARTS) is 1. The van der Waals surface area contributed by atoms with Gasteiger partial charge in [0, 0.05) is 11.8 Å². The predicted molar refractivity (Wildman–Crippen MR) is 48.5 cm³/mol. The van der Waals surface area contributed by atoms with Gasteiger partial charge in [-0.05, 0) is 19.3 Å². The summed E-state index contributed by atoms with van der Waals surface area (Å²) in [7, 11) is 0. The molecule has 1 atom stereocenters. The summed E-state index contributed by atoms with van der Waals surface area (Å²) in [5, 5.41) is 8.73. The first-order valence-corrected chi connectivity index (χ1v) is 4.86. The molecule has 0 amide bonds. The Bertz CT molecular complexity index is 222. The number of aliphatic carboxylic acids is 1. The highest BCUT2D eigenvalue weighted by Gasteiger charge is 2.39. The van der Waals surface area contributed by atoms with Gasteiger partial charge in [0.25, 0.3) is 0 Å². The largest absolute Gasteiger partial charge is 0.481 e. The summed E-state index contributed by atoms with van der Waals surface area (Å²) >= 11 is 0. The average Bonchev–Trinajstić information content (AvgIpc) is 2.08. The zero-order valence-corrected chi connectivity index (χ0v) is 8.01. The average molecular weight is 184 g/mol. The van der Waals surface area contributed by atoms with Gasteiger partial charge >= 0.3 is 5.97 Å². The summed E-state index contributed by atoms with van der Waals surface area (Å²) in [6, 6.07) is 0. The Morgan fingerprint density at radius 3 is 2.69 bits per heavy atom. The van der Waals surface area contributed by atoms with Crippen LogP contribution in [0.5, 0.6) is 0 Å². The molecule has 74 valence electrons. The fourth-order valence-electron chi connectivity index (χ4n) is 2.13. The van der Waals surface area contributed by atoms with Crippen LogP contribution < -0.4 is 0 Å². The van der Waals surface area contributed by atoms with Crippen LogP contribution in [-0.4, -0.2) is 16.9 Å². The molecule has 1 aliphatic carbocycles. The van der Waals surface area contributed by atoms with Crippen LogP contribution in [0.1, 0.15) is 45.4 Å². The number of hydrogen-bond donors (Lipinski definition) is 1. The molecular formula is C10H16O3. The Hall–Kier alpha value is -0.860. The van der Waals surface area contributed by atoms with E-state index >= 15 is 0 Å². The highest BCUT2D eigenvalue weighted by atomic mass is 16.4. The summed E-state index contributed by atoms with van der Waals surface area (Å²) in [4.78, 5) is 22.2. The van der Waals surface area contributed by atoms with E-state index in [0.717, 1.165) is 19.3 Å². The summed E-state index contributed by atoms with van der Waals surface area (Å²) in [6.07, 6.45) is 3.93. The molecule has 0 aromatic rings. The smallest absolute Gasteiger partial charge is 0.304 e. The second-order valence-electron chi connectivity index (χ2n) is 3.83. The molecule has 1 rings (SSSR count). The van der Waals surface area contributed by atoms with Crippen LogP contribution in [0, 0.1) is 5.41 Å². The maximum absolute atomic E-state index is 11.6. The molecule has 0 bridgehead atoms. The van der Waals surface area contributed by atoms with E-state index in [9.17, 15) is 9.59 Å². The molecule has 3 nitrogen and oxygen atoms in total. The molecule has 0 spiro atoms. The van der Waals surface area contributed by atoms with Crippen LogP contribution in [0.15, 0.2) is 0 Å². The van der Waals surface area contributed by atoms with Gasteiger partial charge in [0.15, 0.2) is 0 Å². The van der Waals surface area contributed by atoms with Gasteiger partial charge in [-0.3, -0.25) is 9.59 Å². The highest BCUT2D eigenvalue weighted by Crippen LogP contribution is 2.39. The van der Waals surface area contributed by atoms with Crippen molar-refractivity contribution in [1.29, 1.82) is 0 Å². The van der Waals surface area contributed by atoms with Crippen molar-refractivity contribution in [2.75, 3.05) is 0 Å². The van der Waals surface area contributed by atoms with E-state index in [0.29, 0.717) is 12.8 Å². The lowest BCUT2D eigenvalue weighted by Crippen LogP contribution is -2.35. The molecule has 1 N–H and O–H groups in total. The van der Waals surface area contributed by atoms with Crippen LogP contribution in [0.3, 0.4) is 0 Å². The molecule has 0 saturated heterocycles. The molecule has 1 saturated carbocycles. The van der Waals surface area contributed by atoms with Crippen molar-refractivity contribution >= 4 is 11.8 Å². The minimum atomic E-state index is -0.850. The quantitative estimate of drug-likeness (QED) is 0.729. The van der Waals surface area contributed by atoms with Crippen LogP contribution in [-0.2, 0) is 9.59 Å². The van der Waals surface area contributed by atoms with Crippen molar-refractivity contribution in [2.24, 2.45) is 5.41 Å². The summed E-state index contributed by atoms with van der Waals surface area (Å²) in [5.41, 5.74) is -0.538. The van der Waals surface area contributed by atoms with Crippen molar-refractivity contribution < 1.29 is 14.7 Å². The molecule has 1 fully saturated rings. The molecule has 0 aromatic carbocycles. The standard InChI is InChI=1S/C10H16O3/c1-2-10(7-9(12)13)6-4-3-5-8(10)11/h2-7H2,1H3,(H,12,13)/t10-/m0/s1. The van der Waals surface area contributed by atoms with Gasteiger partial charge in [0.2, 0.25) is 0 Å². The zero-order chi connectivity index (χ0) is 9.90. The Labute approximate surface area is 78.1 Å². The van der Waals surface area contributed by atoms with Gasteiger partial charge < -0.3 is 5.11 Å². The summed E-state index contributed by atoms with van der Waals surface area (Å²) < 4.78 is 0. The van der Waals surface area contributed by atoms with E-state index < -0.39 is 11.4 Å². The Morgan fingerprint density at radius 2 is 2.23 bits per heavy atom. The summed E-state index contributed by atoms with van der Waals surface area (Å²) in [5.74, 6) is -0.694. The number of ketones is 1. The van der Waals surface area contributed by atoms with Crippen molar-refractivity contribution in [3.05, 3.63) is 0 Å². The topological polar surface area (TPSA) is 54.4 Å². The Morgan fingerprint density at radius 1 is 1.54 bits per heavy atom. The first kappa shape index (κ1) is 10.2. The number of carbonyl (C=O) groups excluding carboxylic acids is 1. The third kappa shape index (κ3) is 2.08. The van der Waals surface area contributed by atoms with Crippen LogP contribution in [0.25, 0.3) is 0 Å². The highest BCUT2D eigenvalue weighted by molar-refractivity contribution is 5.89. The van der Waals surface area contributed by atoms with Crippen LogP contribution in [0.4, 0.5) is 0 Å². The van der Waals surface area contributed by atoms with E-state index in [1.165, 1.54) is 0 Å². The number of Topliss-reactive ketones (excluding diaryl/α,β-unsaturated/α-hetero) is 1. The molecular weight excluding hydrogens is 168 g/mol. The first-order valence-electron chi connectivity index (χ1n) is 4.86. The maximum atomic E-state index is 11.6. The van der Waals surface area contributed by atoms with Crippen LogP contribution in [0.2, 0.25) is 0 Å².